The monoisotopic (exact) mass is 662 g/mol. The molecule has 0 radical (unpaired) electrons. The number of fused-ring (bicyclic) bond motifs is 2. The predicted molar refractivity (Wildman–Crippen MR) is 180 cm³/mol. The van der Waals surface area contributed by atoms with Gasteiger partial charge in [0.2, 0.25) is 0 Å². The molecule has 2 bridgehead atoms. The number of benzene rings is 1. The number of rotatable bonds is 8. The van der Waals surface area contributed by atoms with Gasteiger partial charge in [-0.15, -0.1) is 0 Å². The molecule has 0 unspecified atom stereocenters. The topological polar surface area (TPSA) is 171 Å². The number of allylic oxidation sites excluding steroid dienone is 1. The number of likely N-dealkylation sites (N-methyl/N-ethyl adjacent to an activating group) is 2. The Labute approximate surface area is 278 Å². The second-order valence-electron chi connectivity index (χ2n) is 12.2. The van der Waals surface area contributed by atoms with Crippen molar-refractivity contribution >= 4 is 23.8 Å². The van der Waals surface area contributed by atoms with Gasteiger partial charge in [-0.25, -0.2) is 9.59 Å². The molecule has 1 aromatic carbocycles. The lowest BCUT2D eigenvalue weighted by atomic mass is 9.88. The minimum Gasteiger partial charge on any atom is -0.493 e. The molecular weight excluding hydrogens is 608 g/mol. The summed E-state index contributed by atoms with van der Waals surface area (Å²) in [6.07, 6.45) is 1.06. The van der Waals surface area contributed by atoms with Crippen LogP contribution in [0.5, 0.6) is 11.5 Å². The summed E-state index contributed by atoms with van der Waals surface area (Å²) < 4.78 is 28.5. The van der Waals surface area contributed by atoms with E-state index in [1.165, 1.54) is 19.1 Å². The second-order valence-corrected chi connectivity index (χ2v) is 12.2. The fourth-order valence-corrected chi connectivity index (χ4v) is 5.68. The molecule has 0 fully saturated rings. The van der Waals surface area contributed by atoms with Gasteiger partial charge in [0.25, 0.3) is 5.91 Å². The van der Waals surface area contributed by atoms with Crippen molar-refractivity contribution in [2.45, 2.75) is 77.8 Å². The third kappa shape index (κ3) is 11.8. The van der Waals surface area contributed by atoms with Crippen LogP contribution in [-0.4, -0.2) is 101 Å². The zero-order chi connectivity index (χ0) is 35.3. The number of methoxy groups -OCH3 is 3. The highest BCUT2D eigenvalue weighted by Crippen LogP contribution is 2.38. The van der Waals surface area contributed by atoms with Crippen LogP contribution in [0.25, 0.3) is 0 Å². The van der Waals surface area contributed by atoms with Gasteiger partial charge in [0.1, 0.15) is 0 Å². The molecule has 3 amide bonds. The quantitative estimate of drug-likeness (QED) is 0.298. The highest BCUT2D eigenvalue weighted by Gasteiger charge is 2.30. The van der Waals surface area contributed by atoms with E-state index in [1.54, 1.807) is 53.3 Å². The number of carbonyl (C=O) groups is 3. The summed E-state index contributed by atoms with van der Waals surface area (Å²) in [5, 5.41) is 17.3. The van der Waals surface area contributed by atoms with Gasteiger partial charge in [-0.1, -0.05) is 26.0 Å². The molecule has 13 nitrogen and oxygen atoms in total. The summed E-state index contributed by atoms with van der Waals surface area (Å²) in [4.78, 5) is 39.5. The number of primary amides is 1. The lowest BCUT2D eigenvalue weighted by Gasteiger charge is -2.30. The van der Waals surface area contributed by atoms with Gasteiger partial charge in [0.15, 0.2) is 17.6 Å². The molecule has 264 valence electrons. The molecule has 5 N–H and O–H groups in total. The summed E-state index contributed by atoms with van der Waals surface area (Å²) in [5.41, 5.74) is 7.66. The van der Waals surface area contributed by atoms with E-state index < -0.39 is 36.6 Å². The van der Waals surface area contributed by atoms with E-state index in [1.807, 2.05) is 19.9 Å². The molecule has 1 aliphatic rings. The number of anilines is 1. The maximum atomic E-state index is 13.3. The third-order valence-electron chi connectivity index (χ3n) is 8.34. The van der Waals surface area contributed by atoms with Gasteiger partial charge in [-0.2, -0.15) is 0 Å². The molecule has 6 atom stereocenters. The highest BCUT2D eigenvalue weighted by atomic mass is 16.6. The number of nitrogens with zero attached hydrogens (tertiary/aromatic N) is 1. The van der Waals surface area contributed by atoms with Crippen LogP contribution in [0.2, 0.25) is 0 Å². The Morgan fingerprint density at radius 2 is 1.81 bits per heavy atom. The number of ether oxygens (including phenoxy) is 5. The number of carbonyl (C=O) groups excluding carboxylic acids is 3. The number of aliphatic hydroxyl groups is 1. The number of aliphatic hydroxyl groups excluding tert-OH is 1. The molecule has 0 saturated carbocycles. The fraction of sp³-hybridized carbons (Fsp3) is 0.618. The van der Waals surface area contributed by atoms with E-state index in [0.717, 1.165) is 0 Å². The van der Waals surface area contributed by atoms with Crippen LogP contribution in [0.15, 0.2) is 35.4 Å². The van der Waals surface area contributed by atoms with E-state index in [4.69, 9.17) is 29.4 Å². The molecule has 1 aromatic rings. The van der Waals surface area contributed by atoms with Crippen molar-refractivity contribution in [1.29, 1.82) is 0 Å². The van der Waals surface area contributed by atoms with Gasteiger partial charge in [-0.3, -0.25) is 4.79 Å². The van der Waals surface area contributed by atoms with Gasteiger partial charge in [-0.05, 0) is 64.1 Å². The smallest absolute Gasteiger partial charge is 0.415 e. The van der Waals surface area contributed by atoms with E-state index in [-0.39, 0.29) is 23.5 Å². The molecule has 0 aromatic heterocycles. The first kappa shape index (κ1) is 39.5. The maximum absolute atomic E-state index is 13.3. The van der Waals surface area contributed by atoms with Gasteiger partial charge in [0.05, 0.1) is 25.4 Å². The molecule has 0 saturated heterocycles. The molecule has 2 rings (SSSR count). The first-order chi connectivity index (χ1) is 22.3. The van der Waals surface area contributed by atoms with Crippen LogP contribution in [0, 0.1) is 11.8 Å². The molecule has 0 spiro atoms. The average Bonchev–Trinajstić information content (AvgIpc) is 3.02. The standard InChI is InChI=1S/C34H54N4O9/c1-20-15-24-18-25(19-28(31(24)45-9)46-34(42)38(6)14-13-36-5)37-32(40)21(2)11-10-12-26(43-7)30(47-33(35)41)23(4)17-22(3)29(39)27(16-20)44-8/h11,17-20,22,26-27,29-30,36,39H,10,12-16H2,1-9H3,(H2,35,41)(H,37,40)/t20-,22+,26+,27+,29-,30+/m1/s1. The van der Waals surface area contributed by atoms with Crippen LogP contribution in [0.3, 0.4) is 0 Å². The van der Waals surface area contributed by atoms with Crippen molar-refractivity contribution < 1.29 is 43.2 Å². The second kappa shape index (κ2) is 19.2. The maximum Gasteiger partial charge on any atom is 0.415 e. The Bertz CT molecular complexity index is 1270. The minimum absolute atomic E-state index is 0.0406. The molecule has 0 aliphatic carbocycles. The van der Waals surface area contributed by atoms with Crippen LogP contribution >= 0.6 is 0 Å². The Kier molecular flexibility index (Phi) is 16.2. The molecular formula is C34H54N4O9. The van der Waals surface area contributed by atoms with Crippen LogP contribution in [0.4, 0.5) is 15.3 Å². The third-order valence-corrected chi connectivity index (χ3v) is 8.34. The highest BCUT2D eigenvalue weighted by molar-refractivity contribution is 6.03. The number of nitrogens with two attached hydrogens (primary N) is 1. The molecule has 13 heteroatoms. The molecule has 47 heavy (non-hydrogen) atoms. The lowest BCUT2D eigenvalue weighted by Crippen LogP contribution is -2.37. The molecule has 1 aliphatic heterocycles. The normalized spacial score (nSPS) is 24.8. The lowest BCUT2D eigenvalue weighted by molar-refractivity contribution is -0.112. The molecule has 1 heterocycles. The van der Waals surface area contributed by atoms with Crippen molar-refractivity contribution in [1.82, 2.24) is 10.2 Å². The van der Waals surface area contributed by atoms with Gasteiger partial charge in [0, 0.05) is 63.2 Å². The first-order valence-electron chi connectivity index (χ1n) is 15.9. The summed E-state index contributed by atoms with van der Waals surface area (Å²) in [5.74, 6) is -0.223. The minimum atomic E-state index is -0.946. The van der Waals surface area contributed by atoms with E-state index in [2.05, 4.69) is 10.6 Å². The summed E-state index contributed by atoms with van der Waals surface area (Å²) in [6.45, 7) is 8.38. The van der Waals surface area contributed by atoms with Gasteiger partial charge < -0.3 is 50.1 Å². The number of hydrogen-bond acceptors (Lipinski definition) is 10. The zero-order valence-electron chi connectivity index (χ0n) is 29.3. The average molecular weight is 663 g/mol. The number of nitrogens with one attached hydrogen (secondary N) is 2. The van der Waals surface area contributed by atoms with Crippen LogP contribution in [-0.2, 0) is 25.4 Å². The van der Waals surface area contributed by atoms with E-state index in [0.29, 0.717) is 66.9 Å². The Hall–Kier alpha value is -3.65. The van der Waals surface area contributed by atoms with E-state index >= 15 is 0 Å². The first-order valence-corrected chi connectivity index (χ1v) is 15.9. The zero-order valence-corrected chi connectivity index (χ0v) is 29.3. The summed E-state index contributed by atoms with van der Waals surface area (Å²) in [6, 6.07) is 3.37. The van der Waals surface area contributed by atoms with Crippen molar-refractivity contribution in [3.63, 3.8) is 0 Å². The fourth-order valence-electron chi connectivity index (χ4n) is 5.68. The van der Waals surface area contributed by atoms with Crippen LogP contribution in [0.1, 0.15) is 52.5 Å². The van der Waals surface area contributed by atoms with Crippen molar-refractivity contribution in [3.8, 4) is 11.5 Å². The Morgan fingerprint density at radius 1 is 1.13 bits per heavy atom. The van der Waals surface area contributed by atoms with E-state index in [9.17, 15) is 19.5 Å². The summed E-state index contributed by atoms with van der Waals surface area (Å²) in [7, 11) is 7.99. The van der Waals surface area contributed by atoms with Crippen LogP contribution < -0.4 is 25.8 Å². The predicted octanol–water partition coefficient (Wildman–Crippen LogP) is 4.03. The Balaban J connectivity index is 2.60. The van der Waals surface area contributed by atoms with Crippen molar-refractivity contribution in [2.24, 2.45) is 17.6 Å². The number of hydrogen-bond donors (Lipinski definition) is 4. The van der Waals surface area contributed by atoms with Crippen molar-refractivity contribution in [3.05, 3.63) is 41.0 Å². The van der Waals surface area contributed by atoms with Crippen molar-refractivity contribution in [2.75, 3.05) is 53.8 Å². The summed E-state index contributed by atoms with van der Waals surface area (Å²) >= 11 is 0. The Morgan fingerprint density at radius 3 is 2.40 bits per heavy atom. The largest absolute Gasteiger partial charge is 0.493 e. The van der Waals surface area contributed by atoms with Gasteiger partial charge >= 0.3 is 12.2 Å². The SMILES string of the molecule is CNCCN(C)C(=O)Oc1cc2cc(c1OC)C[C@@H](C)C[C@H](OC)[C@H](O)[C@@H](C)C=C(C)[C@H](OC(N)=O)[C@@H](OC)CCC=C(C)C(=O)N2. The number of amides is 3.